The van der Waals surface area contributed by atoms with Gasteiger partial charge in [-0.2, -0.15) is 0 Å². The first-order valence-electron chi connectivity index (χ1n) is 4.69. The third-order valence-corrected chi connectivity index (χ3v) is 3.80. The van der Waals surface area contributed by atoms with Crippen molar-refractivity contribution in [1.82, 2.24) is 4.31 Å². The Hall–Kier alpha value is -0.130. The summed E-state index contributed by atoms with van der Waals surface area (Å²) in [6.07, 6.45) is 4.33. The Bertz CT molecular complexity index is 251. The van der Waals surface area contributed by atoms with E-state index in [1.807, 2.05) is 0 Å². The van der Waals surface area contributed by atoms with Gasteiger partial charge in [0.05, 0.1) is 6.26 Å². The monoisotopic (exact) mass is 206 g/mol. The van der Waals surface area contributed by atoms with Crippen molar-refractivity contribution in [1.29, 1.82) is 0 Å². The van der Waals surface area contributed by atoms with Crippen molar-refractivity contribution >= 4 is 10.0 Å². The molecule has 4 nitrogen and oxygen atoms in total. The molecule has 1 atom stereocenters. The van der Waals surface area contributed by atoms with Crippen LogP contribution in [-0.2, 0) is 10.0 Å². The summed E-state index contributed by atoms with van der Waals surface area (Å²) in [4.78, 5) is 0. The van der Waals surface area contributed by atoms with Crippen LogP contribution in [0, 0.1) is 5.92 Å². The van der Waals surface area contributed by atoms with E-state index >= 15 is 0 Å². The van der Waals surface area contributed by atoms with Gasteiger partial charge in [-0.25, -0.2) is 12.7 Å². The minimum Gasteiger partial charge on any atom is -0.330 e. The highest BCUT2D eigenvalue weighted by Gasteiger charge is 2.27. The first-order chi connectivity index (χ1) is 6.04. The van der Waals surface area contributed by atoms with E-state index in [-0.39, 0.29) is 0 Å². The van der Waals surface area contributed by atoms with E-state index in [4.69, 9.17) is 5.73 Å². The molecule has 13 heavy (non-hydrogen) atoms. The molecule has 1 unspecified atom stereocenters. The molecule has 0 spiro atoms. The maximum absolute atomic E-state index is 11.2. The van der Waals surface area contributed by atoms with Crippen LogP contribution in [-0.4, -0.2) is 38.6 Å². The zero-order chi connectivity index (χ0) is 9.90. The van der Waals surface area contributed by atoms with E-state index in [1.54, 1.807) is 4.31 Å². The minimum absolute atomic E-state index is 0.526. The van der Waals surface area contributed by atoms with Crippen LogP contribution in [0.1, 0.15) is 19.3 Å². The van der Waals surface area contributed by atoms with Crippen molar-refractivity contribution in [2.24, 2.45) is 11.7 Å². The molecule has 0 amide bonds. The molecule has 1 heterocycles. The summed E-state index contributed by atoms with van der Waals surface area (Å²) in [5, 5.41) is 0. The summed E-state index contributed by atoms with van der Waals surface area (Å²) in [6.45, 7) is 2.09. The predicted octanol–water partition coefficient (Wildman–Crippen LogP) is 0.00680. The lowest BCUT2D eigenvalue weighted by Gasteiger charge is -2.12. The molecule has 0 saturated carbocycles. The second-order valence-corrected chi connectivity index (χ2v) is 5.69. The fraction of sp³-hybridized carbons (Fsp3) is 1.00. The van der Waals surface area contributed by atoms with Gasteiger partial charge in [0.2, 0.25) is 10.0 Å². The summed E-state index contributed by atoms with van der Waals surface area (Å²) in [7, 11) is -2.96. The van der Waals surface area contributed by atoms with Gasteiger partial charge in [-0.3, -0.25) is 0 Å². The standard InChI is InChI=1S/C8H18N2O2S/c1-13(11,12)10-6-4-8(7-10)3-2-5-9/h8H,2-7,9H2,1H3. The highest BCUT2D eigenvalue weighted by atomic mass is 32.2. The van der Waals surface area contributed by atoms with Gasteiger partial charge < -0.3 is 5.73 Å². The van der Waals surface area contributed by atoms with Crippen molar-refractivity contribution in [2.75, 3.05) is 25.9 Å². The quantitative estimate of drug-likeness (QED) is 0.704. The Morgan fingerprint density at radius 3 is 2.69 bits per heavy atom. The molecule has 1 aliphatic heterocycles. The van der Waals surface area contributed by atoms with Gasteiger partial charge >= 0.3 is 0 Å². The number of nitrogens with two attached hydrogens (primary N) is 1. The smallest absolute Gasteiger partial charge is 0.211 e. The Balaban J connectivity index is 2.37. The van der Waals surface area contributed by atoms with Crippen molar-refractivity contribution in [2.45, 2.75) is 19.3 Å². The van der Waals surface area contributed by atoms with Gasteiger partial charge in [-0.15, -0.1) is 0 Å². The highest BCUT2D eigenvalue weighted by molar-refractivity contribution is 7.88. The van der Waals surface area contributed by atoms with Crippen molar-refractivity contribution < 1.29 is 8.42 Å². The molecule has 0 bridgehead atoms. The maximum atomic E-state index is 11.2. The molecule has 1 fully saturated rings. The SMILES string of the molecule is CS(=O)(=O)N1CCC(CCCN)C1. The van der Waals surface area contributed by atoms with Gasteiger partial charge in [0.15, 0.2) is 0 Å². The third-order valence-electron chi connectivity index (χ3n) is 2.53. The summed E-state index contributed by atoms with van der Waals surface area (Å²) in [6, 6.07) is 0. The van der Waals surface area contributed by atoms with Crippen LogP contribution in [0.3, 0.4) is 0 Å². The molecule has 1 saturated heterocycles. The zero-order valence-corrected chi connectivity index (χ0v) is 8.89. The van der Waals surface area contributed by atoms with E-state index in [1.165, 1.54) is 6.26 Å². The lowest BCUT2D eigenvalue weighted by Crippen LogP contribution is -2.27. The topological polar surface area (TPSA) is 63.4 Å². The largest absolute Gasteiger partial charge is 0.330 e. The molecule has 1 rings (SSSR count). The Kier molecular flexibility index (Phi) is 3.70. The Morgan fingerprint density at radius 2 is 2.23 bits per heavy atom. The molecule has 0 aliphatic carbocycles. The van der Waals surface area contributed by atoms with E-state index < -0.39 is 10.0 Å². The normalized spacial score (nSPS) is 25.2. The van der Waals surface area contributed by atoms with Crippen molar-refractivity contribution in [3.05, 3.63) is 0 Å². The lowest BCUT2D eigenvalue weighted by molar-refractivity contribution is 0.445. The van der Waals surface area contributed by atoms with Gasteiger partial charge in [-0.05, 0) is 31.7 Å². The van der Waals surface area contributed by atoms with Crippen molar-refractivity contribution in [3.63, 3.8) is 0 Å². The summed E-state index contributed by atoms with van der Waals surface area (Å²) in [5.74, 6) is 0.526. The third kappa shape index (κ3) is 3.25. The summed E-state index contributed by atoms with van der Waals surface area (Å²) in [5.41, 5.74) is 5.40. The van der Waals surface area contributed by atoms with E-state index in [0.29, 0.717) is 25.6 Å². The molecule has 0 aromatic rings. The number of hydrogen-bond acceptors (Lipinski definition) is 3. The molecule has 0 aromatic carbocycles. The fourth-order valence-corrected chi connectivity index (χ4v) is 2.66. The summed E-state index contributed by atoms with van der Waals surface area (Å²) >= 11 is 0. The minimum atomic E-state index is -2.96. The first-order valence-corrected chi connectivity index (χ1v) is 6.54. The molecule has 5 heteroatoms. The fourth-order valence-electron chi connectivity index (χ4n) is 1.74. The average Bonchev–Trinajstić information content (AvgIpc) is 2.47. The van der Waals surface area contributed by atoms with Crippen molar-refractivity contribution in [3.8, 4) is 0 Å². The maximum Gasteiger partial charge on any atom is 0.211 e. The molecular formula is C8H18N2O2S. The van der Waals surface area contributed by atoms with Crippen LogP contribution in [0.5, 0.6) is 0 Å². The number of nitrogens with zero attached hydrogens (tertiary/aromatic N) is 1. The molecular weight excluding hydrogens is 188 g/mol. The van der Waals surface area contributed by atoms with Crippen LogP contribution in [0.2, 0.25) is 0 Å². The zero-order valence-electron chi connectivity index (χ0n) is 8.07. The van der Waals surface area contributed by atoms with Gasteiger partial charge in [0.1, 0.15) is 0 Å². The number of sulfonamides is 1. The molecule has 2 N–H and O–H groups in total. The highest BCUT2D eigenvalue weighted by Crippen LogP contribution is 2.22. The van der Waals surface area contributed by atoms with Crippen LogP contribution in [0.4, 0.5) is 0 Å². The molecule has 1 aliphatic rings. The van der Waals surface area contributed by atoms with E-state index in [9.17, 15) is 8.42 Å². The van der Waals surface area contributed by atoms with Gasteiger partial charge in [0, 0.05) is 13.1 Å². The first kappa shape index (κ1) is 10.9. The van der Waals surface area contributed by atoms with Crippen LogP contribution in [0.15, 0.2) is 0 Å². The van der Waals surface area contributed by atoms with Gasteiger partial charge in [-0.1, -0.05) is 0 Å². The second-order valence-electron chi connectivity index (χ2n) is 3.71. The molecule has 0 aromatic heterocycles. The van der Waals surface area contributed by atoms with E-state index in [2.05, 4.69) is 0 Å². The summed E-state index contributed by atoms with van der Waals surface area (Å²) < 4.78 is 23.9. The predicted molar refractivity (Wildman–Crippen MR) is 52.8 cm³/mol. The molecule has 0 radical (unpaired) electrons. The average molecular weight is 206 g/mol. The van der Waals surface area contributed by atoms with E-state index in [0.717, 1.165) is 19.3 Å². The Labute approximate surface area is 80.1 Å². The Morgan fingerprint density at radius 1 is 1.54 bits per heavy atom. The van der Waals surface area contributed by atoms with Crippen LogP contribution < -0.4 is 5.73 Å². The van der Waals surface area contributed by atoms with Gasteiger partial charge in [0.25, 0.3) is 0 Å². The lowest BCUT2D eigenvalue weighted by atomic mass is 10.0. The van der Waals surface area contributed by atoms with Crippen LogP contribution in [0.25, 0.3) is 0 Å². The van der Waals surface area contributed by atoms with Crippen LogP contribution >= 0.6 is 0 Å². The second kappa shape index (κ2) is 4.39. The molecule has 78 valence electrons. The number of hydrogen-bond donors (Lipinski definition) is 1. The number of rotatable bonds is 4.